The van der Waals surface area contributed by atoms with Gasteiger partial charge in [-0.15, -0.1) is 0 Å². The summed E-state index contributed by atoms with van der Waals surface area (Å²) in [6, 6.07) is 7.74. The van der Waals surface area contributed by atoms with Crippen molar-refractivity contribution in [1.82, 2.24) is 10.5 Å². The van der Waals surface area contributed by atoms with Crippen molar-refractivity contribution in [3.05, 3.63) is 48.1 Å². The van der Waals surface area contributed by atoms with Crippen molar-refractivity contribution in [1.29, 1.82) is 0 Å². The van der Waals surface area contributed by atoms with E-state index in [1.807, 2.05) is 36.1 Å². The molecule has 0 saturated carbocycles. The number of aromatic nitrogens is 1. The van der Waals surface area contributed by atoms with Gasteiger partial charge in [-0.2, -0.15) is 0 Å². The van der Waals surface area contributed by atoms with Crippen LogP contribution in [0.1, 0.15) is 6.92 Å². The topological polar surface area (TPSA) is 92.3 Å². The van der Waals surface area contributed by atoms with Crippen LogP contribution in [0.4, 0.5) is 17.1 Å². The molecule has 0 aliphatic carbocycles. The number of hydroxylamine groups is 1. The molecule has 2 bridgehead atoms. The lowest BCUT2D eigenvalue weighted by Gasteiger charge is -2.36. The molecule has 3 aliphatic heterocycles. The first kappa shape index (κ1) is 15.8. The minimum Gasteiger partial charge on any atom is -0.495 e. The number of benzene rings is 1. The van der Waals surface area contributed by atoms with Crippen LogP contribution in [0.25, 0.3) is 0 Å². The normalized spacial score (nSPS) is 22.1. The van der Waals surface area contributed by atoms with Gasteiger partial charge in [0.1, 0.15) is 17.3 Å². The number of pyridine rings is 1. The average Bonchev–Trinajstić information content (AvgIpc) is 3.26. The molecule has 2 aromatic rings. The number of hydrogen-bond donors (Lipinski definition) is 3. The van der Waals surface area contributed by atoms with Gasteiger partial charge in [-0.05, 0) is 25.1 Å². The van der Waals surface area contributed by atoms with Crippen molar-refractivity contribution in [2.24, 2.45) is 4.99 Å². The highest BCUT2D eigenvalue weighted by Gasteiger charge is 2.49. The molecule has 9 nitrogen and oxygen atoms in total. The second-order valence-electron chi connectivity index (χ2n) is 6.32. The lowest BCUT2D eigenvalue weighted by Crippen LogP contribution is -2.51. The Hall–Kier alpha value is -3.46. The SMILES string of the molecule is COc1cncc(NC23N=CC(C)=C(NO2)N3c2ccc3c(c2)NCO3)c1. The number of anilines is 3. The highest BCUT2D eigenvalue weighted by Crippen LogP contribution is 2.42. The van der Waals surface area contributed by atoms with Gasteiger partial charge in [0, 0.05) is 17.9 Å². The van der Waals surface area contributed by atoms with Crippen LogP contribution >= 0.6 is 0 Å². The summed E-state index contributed by atoms with van der Waals surface area (Å²) in [7, 11) is 1.60. The van der Waals surface area contributed by atoms with E-state index in [0.29, 0.717) is 18.2 Å². The highest BCUT2D eigenvalue weighted by atomic mass is 16.7. The van der Waals surface area contributed by atoms with Gasteiger partial charge >= 0.3 is 5.97 Å². The number of allylic oxidation sites excluding steroid dienone is 1. The number of aliphatic imine (C=N–C) groups is 1. The maximum atomic E-state index is 5.89. The quantitative estimate of drug-likeness (QED) is 0.759. The molecule has 1 aromatic heterocycles. The molecule has 4 heterocycles. The maximum Gasteiger partial charge on any atom is 0.351 e. The maximum absolute atomic E-state index is 5.89. The largest absolute Gasteiger partial charge is 0.495 e. The summed E-state index contributed by atoms with van der Waals surface area (Å²) < 4.78 is 10.8. The van der Waals surface area contributed by atoms with Gasteiger partial charge < -0.3 is 20.1 Å². The third kappa shape index (κ3) is 2.43. The van der Waals surface area contributed by atoms with E-state index in [9.17, 15) is 0 Å². The summed E-state index contributed by atoms with van der Waals surface area (Å²) in [6.45, 7) is 2.44. The van der Waals surface area contributed by atoms with E-state index in [1.54, 1.807) is 25.7 Å². The fraction of sp³-hybridized carbons (Fsp3) is 0.222. The Kier molecular flexibility index (Phi) is 3.37. The molecule has 9 heteroatoms. The van der Waals surface area contributed by atoms with Gasteiger partial charge in [-0.25, -0.2) is 15.3 Å². The Morgan fingerprint density at radius 1 is 1.30 bits per heavy atom. The highest BCUT2D eigenvalue weighted by molar-refractivity contribution is 5.84. The minimum atomic E-state index is -1.18. The van der Waals surface area contributed by atoms with E-state index >= 15 is 0 Å². The first-order valence-electron chi connectivity index (χ1n) is 8.47. The predicted molar refractivity (Wildman–Crippen MR) is 101 cm³/mol. The first-order chi connectivity index (χ1) is 13.2. The Labute approximate surface area is 155 Å². The van der Waals surface area contributed by atoms with Crippen molar-refractivity contribution < 1.29 is 14.3 Å². The number of hydrogen-bond acceptors (Lipinski definition) is 9. The molecule has 27 heavy (non-hydrogen) atoms. The van der Waals surface area contributed by atoms with E-state index in [4.69, 9.17) is 14.3 Å². The molecule has 1 aromatic carbocycles. The van der Waals surface area contributed by atoms with Crippen LogP contribution in [0.3, 0.4) is 0 Å². The average molecular weight is 366 g/mol. The van der Waals surface area contributed by atoms with Crippen LogP contribution in [0.15, 0.2) is 53.0 Å². The van der Waals surface area contributed by atoms with Crippen LogP contribution in [-0.4, -0.2) is 31.0 Å². The Morgan fingerprint density at radius 2 is 2.22 bits per heavy atom. The third-order valence-electron chi connectivity index (χ3n) is 4.59. The van der Waals surface area contributed by atoms with Crippen LogP contribution in [0.2, 0.25) is 0 Å². The Morgan fingerprint density at radius 3 is 3.11 bits per heavy atom. The van der Waals surface area contributed by atoms with Gasteiger partial charge in [-0.3, -0.25) is 9.88 Å². The molecular weight excluding hydrogens is 348 g/mol. The molecule has 0 amide bonds. The zero-order chi connectivity index (χ0) is 18.4. The second kappa shape index (κ2) is 5.78. The number of fused-ring (bicyclic) bond motifs is 3. The third-order valence-corrected chi connectivity index (χ3v) is 4.59. The minimum absolute atomic E-state index is 0.465. The molecule has 5 rings (SSSR count). The molecule has 0 radical (unpaired) electrons. The van der Waals surface area contributed by atoms with Crippen molar-refractivity contribution in [3.8, 4) is 11.5 Å². The number of rotatable bonds is 4. The second-order valence-corrected chi connectivity index (χ2v) is 6.32. The zero-order valence-electron chi connectivity index (χ0n) is 14.8. The number of nitrogens with one attached hydrogen (secondary N) is 3. The number of ether oxygens (including phenoxy) is 2. The van der Waals surface area contributed by atoms with Gasteiger partial charge in [0.05, 0.1) is 36.6 Å². The smallest absolute Gasteiger partial charge is 0.351 e. The van der Waals surface area contributed by atoms with Crippen LogP contribution in [0.5, 0.6) is 11.5 Å². The molecule has 1 unspecified atom stereocenters. The Balaban J connectivity index is 1.56. The number of methoxy groups -OCH3 is 1. The summed E-state index contributed by atoms with van der Waals surface area (Å²) in [6.07, 6.45) is 5.11. The first-order valence-corrected chi connectivity index (χ1v) is 8.47. The summed E-state index contributed by atoms with van der Waals surface area (Å²) in [5.74, 6) is 1.09. The summed E-state index contributed by atoms with van der Waals surface area (Å²) in [5, 5.41) is 6.52. The monoisotopic (exact) mass is 366 g/mol. The summed E-state index contributed by atoms with van der Waals surface area (Å²) >= 11 is 0. The van der Waals surface area contributed by atoms with Crippen molar-refractivity contribution in [2.45, 2.75) is 12.9 Å². The molecule has 3 aliphatic rings. The van der Waals surface area contributed by atoms with E-state index in [0.717, 1.165) is 28.5 Å². The van der Waals surface area contributed by atoms with E-state index in [-0.39, 0.29) is 0 Å². The van der Waals surface area contributed by atoms with Crippen molar-refractivity contribution in [3.63, 3.8) is 0 Å². The van der Waals surface area contributed by atoms with Gasteiger partial charge in [0.25, 0.3) is 0 Å². The molecule has 1 atom stereocenters. The lowest BCUT2D eigenvalue weighted by molar-refractivity contribution is -0.0214. The van der Waals surface area contributed by atoms with Gasteiger partial charge in [0.15, 0.2) is 6.73 Å². The Bertz CT molecular complexity index is 975. The predicted octanol–water partition coefficient (Wildman–Crippen LogP) is 2.23. The van der Waals surface area contributed by atoms with Crippen LogP contribution in [0, 0.1) is 0 Å². The fourth-order valence-corrected chi connectivity index (χ4v) is 3.27. The molecule has 1 fully saturated rings. The zero-order valence-corrected chi connectivity index (χ0v) is 14.8. The standard InChI is InChI=1S/C18H18N6O3/c1-11-7-21-18(22-12-5-14(25-2)9-19-8-12)24(17(11)23-27-18)13-3-4-16-15(6-13)20-10-26-16/h3-9,20,22-23H,10H2,1-2H3. The van der Waals surface area contributed by atoms with Crippen molar-refractivity contribution in [2.75, 3.05) is 29.4 Å². The fourth-order valence-electron chi connectivity index (χ4n) is 3.27. The molecular formula is C18H18N6O3. The molecule has 138 valence electrons. The summed E-state index contributed by atoms with van der Waals surface area (Å²) in [4.78, 5) is 16.7. The van der Waals surface area contributed by atoms with Crippen LogP contribution < -0.4 is 30.5 Å². The van der Waals surface area contributed by atoms with Gasteiger partial charge in [-0.1, -0.05) is 0 Å². The molecule has 1 saturated heterocycles. The van der Waals surface area contributed by atoms with Crippen molar-refractivity contribution >= 4 is 23.3 Å². The van der Waals surface area contributed by atoms with Crippen LogP contribution in [-0.2, 0) is 4.84 Å². The van der Waals surface area contributed by atoms with E-state index in [2.05, 4.69) is 26.1 Å². The molecule has 3 N–H and O–H groups in total. The molecule has 0 spiro atoms. The van der Waals surface area contributed by atoms with E-state index < -0.39 is 5.97 Å². The number of nitrogens with zero attached hydrogens (tertiary/aromatic N) is 3. The summed E-state index contributed by atoms with van der Waals surface area (Å²) in [5.41, 5.74) is 6.48. The lowest BCUT2D eigenvalue weighted by atomic mass is 10.2. The van der Waals surface area contributed by atoms with Gasteiger partial charge in [0.2, 0.25) is 0 Å². The van der Waals surface area contributed by atoms with E-state index in [1.165, 1.54) is 0 Å².